The predicted octanol–water partition coefficient (Wildman–Crippen LogP) is 2.10. The number of aromatic amines is 1. The van der Waals surface area contributed by atoms with E-state index in [0.29, 0.717) is 0 Å². The minimum Gasteiger partial charge on any atom is -0.311 e. The monoisotopic (exact) mass is 205 g/mol. The molecule has 0 amide bonds. The van der Waals surface area contributed by atoms with E-state index in [-0.39, 0.29) is 0 Å². The van der Waals surface area contributed by atoms with E-state index in [1.54, 1.807) is 0 Å². The summed E-state index contributed by atoms with van der Waals surface area (Å²) >= 11 is 0. The maximum absolute atomic E-state index is 4.56. The van der Waals surface area contributed by atoms with Gasteiger partial charge in [0, 0.05) is 12.5 Å². The van der Waals surface area contributed by atoms with Crippen molar-refractivity contribution in [3.63, 3.8) is 0 Å². The maximum Gasteiger partial charge on any atom is 0.0688 e. The van der Waals surface area contributed by atoms with E-state index in [1.165, 1.54) is 49.1 Å². The largest absolute Gasteiger partial charge is 0.311 e. The van der Waals surface area contributed by atoms with Crippen LogP contribution in [0.15, 0.2) is 0 Å². The molecule has 3 rings (SSSR count). The fourth-order valence-electron chi connectivity index (χ4n) is 2.98. The Morgan fingerprint density at radius 2 is 2.00 bits per heavy atom. The second-order valence-electron chi connectivity index (χ2n) is 4.83. The molecule has 0 aromatic carbocycles. The molecule has 1 saturated carbocycles. The van der Waals surface area contributed by atoms with Crippen LogP contribution in [0.3, 0.4) is 0 Å². The van der Waals surface area contributed by atoms with Gasteiger partial charge in [-0.05, 0) is 31.4 Å². The summed E-state index contributed by atoms with van der Waals surface area (Å²) in [5.41, 5.74) is 4.26. The highest BCUT2D eigenvalue weighted by Gasteiger charge is 2.24. The second-order valence-corrected chi connectivity index (χ2v) is 4.83. The molecule has 1 aliphatic carbocycles. The number of rotatable bonds is 1. The van der Waals surface area contributed by atoms with Crippen molar-refractivity contribution in [1.29, 1.82) is 0 Å². The van der Waals surface area contributed by atoms with Crippen LogP contribution in [0.1, 0.15) is 55.0 Å². The van der Waals surface area contributed by atoms with Crippen molar-refractivity contribution in [1.82, 2.24) is 15.5 Å². The molecule has 2 N–H and O–H groups in total. The first kappa shape index (κ1) is 9.40. The van der Waals surface area contributed by atoms with Crippen molar-refractivity contribution in [2.24, 2.45) is 0 Å². The number of hydrogen-bond acceptors (Lipinski definition) is 2. The van der Waals surface area contributed by atoms with Gasteiger partial charge < -0.3 is 5.32 Å². The van der Waals surface area contributed by atoms with Gasteiger partial charge in [0.1, 0.15) is 0 Å². The lowest BCUT2D eigenvalue weighted by molar-refractivity contribution is 0.433. The molecule has 15 heavy (non-hydrogen) atoms. The highest BCUT2D eigenvalue weighted by Crippen LogP contribution is 2.34. The van der Waals surface area contributed by atoms with E-state index < -0.39 is 0 Å². The summed E-state index contributed by atoms with van der Waals surface area (Å²) in [6, 6.07) is 0. The molecule has 0 atom stereocenters. The highest BCUT2D eigenvalue weighted by atomic mass is 15.1. The van der Waals surface area contributed by atoms with Crippen LogP contribution in [-0.2, 0) is 13.0 Å². The molecule has 3 heteroatoms. The number of H-pyrrole nitrogens is 1. The first-order valence-corrected chi connectivity index (χ1v) is 6.22. The lowest BCUT2D eigenvalue weighted by Crippen LogP contribution is -2.24. The van der Waals surface area contributed by atoms with Gasteiger partial charge in [-0.3, -0.25) is 5.10 Å². The fraction of sp³-hybridized carbons (Fsp3) is 0.750. The minimum absolute atomic E-state index is 0.747. The summed E-state index contributed by atoms with van der Waals surface area (Å²) in [4.78, 5) is 0. The van der Waals surface area contributed by atoms with Crippen LogP contribution in [-0.4, -0.2) is 16.7 Å². The maximum atomic E-state index is 4.56. The van der Waals surface area contributed by atoms with Gasteiger partial charge in [0.15, 0.2) is 0 Å². The molecule has 3 nitrogen and oxygen atoms in total. The molecule has 0 saturated heterocycles. The lowest BCUT2D eigenvalue weighted by atomic mass is 9.84. The third kappa shape index (κ3) is 1.69. The number of hydrogen-bond donors (Lipinski definition) is 2. The molecule has 0 spiro atoms. The SMILES string of the molecule is C1CCC(c2n[nH]c3c2CCNC3)CC1. The lowest BCUT2D eigenvalue weighted by Gasteiger charge is -2.22. The Balaban J connectivity index is 1.87. The molecular formula is C12H19N3. The summed E-state index contributed by atoms with van der Waals surface area (Å²) in [5, 5.41) is 11.2. The van der Waals surface area contributed by atoms with Crippen molar-refractivity contribution >= 4 is 0 Å². The summed E-state index contributed by atoms with van der Waals surface area (Å²) in [6.07, 6.45) is 8.08. The fourth-order valence-corrected chi connectivity index (χ4v) is 2.98. The van der Waals surface area contributed by atoms with Gasteiger partial charge in [-0.1, -0.05) is 19.3 Å². The van der Waals surface area contributed by atoms with E-state index in [4.69, 9.17) is 0 Å². The Hall–Kier alpha value is -0.830. The quantitative estimate of drug-likeness (QED) is 0.737. The van der Waals surface area contributed by atoms with E-state index in [0.717, 1.165) is 25.4 Å². The van der Waals surface area contributed by atoms with Crippen molar-refractivity contribution in [2.75, 3.05) is 6.54 Å². The number of nitrogens with one attached hydrogen (secondary N) is 2. The van der Waals surface area contributed by atoms with Gasteiger partial charge in [-0.25, -0.2) is 0 Å². The van der Waals surface area contributed by atoms with Gasteiger partial charge in [-0.15, -0.1) is 0 Å². The first-order chi connectivity index (χ1) is 7.45. The Morgan fingerprint density at radius 3 is 2.87 bits per heavy atom. The molecule has 1 aliphatic heterocycles. The summed E-state index contributed by atoms with van der Waals surface area (Å²) in [6.45, 7) is 2.10. The molecule has 82 valence electrons. The third-order valence-corrected chi connectivity index (χ3v) is 3.83. The molecule has 0 bridgehead atoms. The standard InChI is InChI=1S/C12H19N3/c1-2-4-9(5-3-1)12-10-6-7-13-8-11(10)14-15-12/h9,13H,1-8H2,(H,14,15). The molecule has 0 unspecified atom stereocenters. The van der Waals surface area contributed by atoms with Crippen molar-refractivity contribution in [3.8, 4) is 0 Å². The molecular weight excluding hydrogens is 186 g/mol. The molecule has 0 radical (unpaired) electrons. The zero-order chi connectivity index (χ0) is 10.1. The average Bonchev–Trinajstić information content (AvgIpc) is 2.74. The van der Waals surface area contributed by atoms with Crippen LogP contribution in [0.25, 0.3) is 0 Å². The van der Waals surface area contributed by atoms with E-state index >= 15 is 0 Å². The number of fused-ring (bicyclic) bond motifs is 1. The van der Waals surface area contributed by atoms with Crippen molar-refractivity contribution in [2.45, 2.75) is 51.0 Å². The zero-order valence-corrected chi connectivity index (χ0v) is 9.18. The molecule has 1 fully saturated rings. The summed E-state index contributed by atoms with van der Waals surface area (Å²) < 4.78 is 0. The van der Waals surface area contributed by atoms with E-state index in [1.807, 2.05) is 0 Å². The van der Waals surface area contributed by atoms with E-state index in [9.17, 15) is 0 Å². The zero-order valence-electron chi connectivity index (χ0n) is 9.18. The number of aromatic nitrogens is 2. The smallest absolute Gasteiger partial charge is 0.0688 e. The number of nitrogens with zero attached hydrogens (tertiary/aromatic N) is 1. The van der Waals surface area contributed by atoms with Gasteiger partial charge in [0.05, 0.1) is 11.4 Å². The Kier molecular flexibility index (Phi) is 2.49. The van der Waals surface area contributed by atoms with Gasteiger partial charge in [-0.2, -0.15) is 5.10 Å². The van der Waals surface area contributed by atoms with E-state index in [2.05, 4.69) is 15.5 Å². The van der Waals surface area contributed by atoms with Gasteiger partial charge in [0.25, 0.3) is 0 Å². The van der Waals surface area contributed by atoms with Gasteiger partial charge in [0.2, 0.25) is 0 Å². The summed E-state index contributed by atoms with van der Waals surface area (Å²) in [5.74, 6) is 0.747. The minimum atomic E-state index is 0.747. The molecule has 1 aromatic heterocycles. The van der Waals surface area contributed by atoms with Crippen LogP contribution in [0.4, 0.5) is 0 Å². The Morgan fingerprint density at radius 1 is 1.13 bits per heavy atom. The van der Waals surface area contributed by atoms with Crippen LogP contribution >= 0.6 is 0 Å². The molecule has 2 heterocycles. The highest BCUT2D eigenvalue weighted by molar-refractivity contribution is 5.30. The molecule has 2 aliphatic rings. The first-order valence-electron chi connectivity index (χ1n) is 6.22. The van der Waals surface area contributed by atoms with Gasteiger partial charge >= 0.3 is 0 Å². The second kappa shape index (κ2) is 3.97. The average molecular weight is 205 g/mol. The van der Waals surface area contributed by atoms with Crippen LogP contribution in [0.2, 0.25) is 0 Å². The van der Waals surface area contributed by atoms with Crippen LogP contribution in [0.5, 0.6) is 0 Å². The third-order valence-electron chi connectivity index (χ3n) is 3.83. The van der Waals surface area contributed by atoms with Crippen molar-refractivity contribution < 1.29 is 0 Å². The Bertz CT molecular complexity index is 337. The van der Waals surface area contributed by atoms with Crippen LogP contribution < -0.4 is 5.32 Å². The topological polar surface area (TPSA) is 40.7 Å². The van der Waals surface area contributed by atoms with Crippen LogP contribution in [0, 0.1) is 0 Å². The molecule has 1 aromatic rings. The summed E-state index contributed by atoms with van der Waals surface area (Å²) in [7, 11) is 0. The van der Waals surface area contributed by atoms with Crippen molar-refractivity contribution in [3.05, 3.63) is 17.0 Å². The predicted molar refractivity (Wildman–Crippen MR) is 59.8 cm³/mol. The normalized spacial score (nSPS) is 22.7. The Labute approximate surface area is 90.7 Å².